The summed E-state index contributed by atoms with van der Waals surface area (Å²) in [6.07, 6.45) is 1.58. The lowest BCUT2D eigenvalue weighted by atomic mass is 10.0. The number of thiophene rings is 1. The maximum Gasteiger partial charge on any atom is 0.261 e. The molecule has 1 amide bonds. The molecule has 114 valence electrons. The summed E-state index contributed by atoms with van der Waals surface area (Å²) in [6.45, 7) is 4.47. The van der Waals surface area contributed by atoms with E-state index in [0.717, 1.165) is 11.1 Å². The summed E-state index contributed by atoms with van der Waals surface area (Å²) in [5, 5.41) is 12.4. The Bertz CT molecular complexity index is 638. The Balaban J connectivity index is 2.16. The predicted octanol–water partition coefficient (Wildman–Crippen LogP) is 3.49. The second-order valence-corrected chi connectivity index (χ2v) is 6.22. The standard InChI is InChI=1S/C16H20FNO2S/c1-3-11(7-8-19)9-18-16(20)15-10(2)14-12(17)5-4-6-13(14)21-15/h4-6,11,19H,3,7-9H2,1-2H3,(H,18,20). The predicted molar refractivity (Wildman–Crippen MR) is 84.3 cm³/mol. The minimum atomic E-state index is -0.285. The largest absolute Gasteiger partial charge is 0.396 e. The zero-order valence-corrected chi connectivity index (χ0v) is 13.1. The molecule has 0 saturated heterocycles. The fraction of sp³-hybridized carbons (Fsp3) is 0.438. The highest BCUT2D eigenvalue weighted by molar-refractivity contribution is 7.21. The van der Waals surface area contributed by atoms with Crippen molar-refractivity contribution in [1.29, 1.82) is 0 Å². The number of aliphatic hydroxyl groups excluding tert-OH is 1. The molecule has 5 heteroatoms. The number of rotatable bonds is 6. The maximum absolute atomic E-state index is 13.8. The topological polar surface area (TPSA) is 49.3 Å². The van der Waals surface area contributed by atoms with Crippen molar-refractivity contribution in [3.63, 3.8) is 0 Å². The SMILES string of the molecule is CCC(CCO)CNC(=O)c1sc2cccc(F)c2c1C. The number of carbonyl (C=O) groups excluding carboxylic acids is 1. The first-order valence-corrected chi connectivity index (χ1v) is 7.96. The lowest BCUT2D eigenvalue weighted by Gasteiger charge is -2.14. The van der Waals surface area contributed by atoms with Gasteiger partial charge in [0.05, 0.1) is 4.88 Å². The van der Waals surface area contributed by atoms with E-state index in [4.69, 9.17) is 5.11 Å². The van der Waals surface area contributed by atoms with Crippen molar-refractivity contribution in [2.75, 3.05) is 13.2 Å². The molecule has 2 rings (SSSR count). The summed E-state index contributed by atoms with van der Waals surface area (Å²) < 4.78 is 14.6. The van der Waals surface area contributed by atoms with Gasteiger partial charge in [-0.05, 0) is 37.0 Å². The van der Waals surface area contributed by atoms with E-state index >= 15 is 0 Å². The van der Waals surface area contributed by atoms with Gasteiger partial charge >= 0.3 is 0 Å². The third-order valence-corrected chi connectivity index (χ3v) is 5.03. The van der Waals surface area contributed by atoms with Crippen LogP contribution in [0.3, 0.4) is 0 Å². The first-order chi connectivity index (χ1) is 10.1. The quantitative estimate of drug-likeness (QED) is 0.858. The fourth-order valence-electron chi connectivity index (χ4n) is 2.42. The molecule has 1 atom stereocenters. The average Bonchev–Trinajstić information content (AvgIpc) is 2.81. The normalized spacial score (nSPS) is 12.6. The Kier molecular flexibility index (Phi) is 5.31. The van der Waals surface area contributed by atoms with E-state index in [1.165, 1.54) is 17.4 Å². The number of halogens is 1. The van der Waals surface area contributed by atoms with Gasteiger partial charge in [-0.25, -0.2) is 4.39 Å². The average molecular weight is 309 g/mol. The molecule has 1 unspecified atom stereocenters. The van der Waals surface area contributed by atoms with Gasteiger partial charge in [0.25, 0.3) is 5.91 Å². The molecule has 0 fully saturated rings. The summed E-state index contributed by atoms with van der Waals surface area (Å²) in [7, 11) is 0. The van der Waals surface area contributed by atoms with Crippen LogP contribution in [0.2, 0.25) is 0 Å². The number of carbonyl (C=O) groups is 1. The van der Waals surface area contributed by atoms with Gasteiger partial charge < -0.3 is 10.4 Å². The van der Waals surface area contributed by atoms with Crippen LogP contribution in [0.5, 0.6) is 0 Å². The first-order valence-electron chi connectivity index (χ1n) is 7.15. The van der Waals surface area contributed by atoms with Crippen LogP contribution in [-0.4, -0.2) is 24.2 Å². The van der Waals surface area contributed by atoms with Crippen molar-refractivity contribution in [1.82, 2.24) is 5.32 Å². The highest BCUT2D eigenvalue weighted by Crippen LogP contribution is 2.32. The van der Waals surface area contributed by atoms with E-state index < -0.39 is 0 Å². The van der Waals surface area contributed by atoms with Crippen molar-refractivity contribution < 1.29 is 14.3 Å². The number of fused-ring (bicyclic) bond motifs is 1. The molecule has 0 bridgehead atoms. The van der Waals surface area contributed by atoms with Gasteiger partial charge in [0, 0.05) is 23.2 Å². The van der Waals surface area contributed by atoms with Gasteiger partial charge in [0.2, 0.25) is 0 Å². The number of amides is 1. The van der Waals surface area contributed by atoms with Crippen LogP contribution in [0.4, 0.5) is 4.39 Å². The molecule has 0 aliphatic rings. The van der Waals surface area contributed by atoms with Gasteiger partial charge in [-0.2, -0.15) is 0 Å². The van der Waals surface area contributed by atoms with Gasteiger partial charge in [-0.3, -0.25) is 4.79 Å². The van der Waals surface area contributed by atoms with Crippen molar-refractivity contribution in [2.45, 2.75) is 26.7 Å². The minimum absolute atomic E-state index is 0.126. The van der Waals surface area contributed by atoms with Gasteiger partial charge in [0.1, 0.15) is 5.82 Å². The Labute approximate surface area is 127 Å². The van der Waals surface area contributed by atoms with E-state index in [1.807, 2.05) is 13.0 Å². The molecular weight excluding hydrogens is 289 g/mol. The lowest BCUT2D eigenvalue weighted by Crippen LogP contribution is -2.29. The number of nitrogens with one attached hydrogen (secondary N) is 1. The zero-order chi connectivity index (χ0) is 15.4. The highest BCUT2D eigenvalue weighted by Gasteiger charge is 2.18. The molecule has 1 heterocycles. The smallest absolute Gasteiger partial charge is 0.261 e. The number of hydrogen-bond acceptors (Lipinski definition) is 3. The second kappa shape index (κ2) is 7.00. The van der Waals surface area contributed by atoms with Crippen molar-refractivity contribution in [2.24, 2.45) is 5.92 Å². The third-order valence-electron chi connectivity index (χ3n) is 3.78. The first kappa shape index (κ1) is 15.9. The Morgan fingerprint density at radius 2 is 2.24 bits per heavy atom. The molecule has 1 aromatic heterocycles. The molecule has 0 aliphatic heterocycles. The molecule has 0 spiro atoms. The van der Waals surface area contributed by atoms with Crippen LogP contribution in [0.15, 0.2) is 18.2 Å². The Morgan fingerprint density at radius 3 is 2.86 bits per heavy atom. The lowest BCUT2D eigenvalue weighted by molar-refractivity contribution is 0.0947. The number of benzene rings is 1. The second-order valence-electron chi connectivity index (χ2n) is 5.17. The summed E-state index contributed by atoms with van der Waals surface area (Å²) in [4.78, 5) is 12.8. The molecule has 1 aromatic carbocycles. The summed E-state index contributed by atoms with van der Waals surface area (Å²) >= 11 is 1.32. The van der Waals surface area contributed by atoms with E-state index in [2.05, 4.69) is 5.32 Å². The van der Waals surface area contributed by atoms with Crippen LogP contribution in [0.1, 0.15) is 35.0 Å². The monoisotopic (exact) mass is 309 g/mol. The number of hydrogen-bond donors (Lipinski definition) is 2. The fourth-order valence-corrected chi connectivity index (χ4v) is 3.56. The van der Waals surface area contributed by atoms with Crippen molar-refractivity contribution in [3.05, 3.63) is 34.5 Å². The van der Waals surface area contributed by atoms with Gasteiger partial charge in [-0.1, -0.05) is 19.4 Å². The molecule has 2 aromatic rings. The van der Waals surface area contributed by atoms with Crippen LogP contribution >= 0.6 is 11.3 Å². The summed E-state index contributed by atoms with van der Waals surface area (Å²) in [6, 6.07) is 4.90. The highest BCUT2D eigenvalue weighted by atomic mass is 32.1. The number of aryl methyl sites for hydroxylation is 1. The van der Waals surface area contributed by atoms with E-state index in [0.29, 0.717) is 28.8 Å². The molecule has 2 N–H and O–H groups in total. The van der Waals surface area contributed by atoms with Crippen molar-refractivity contribution in [3.8, 4) is 0 Å². The van der Waals surface area contributed by atoms with Gasteiger partial charge in [-0.15, -0.1) is 11.3 Å². The third kappa shape index (κ3) is 3.41. The van der Waals surface area contributed by atoms with E-state index in [9.17, 15) is 9.18 Å². The van der Waals surface area contributed by atoms with Gasteiger partial charge in [0.15, 0.2) is 0 Å². The number of aliphatic hydroxyl groups is 1. The minimum Gasteiger partial charge on any atom is -0.396 e. The van der Waals surface area contributed by atoms with Crippen LogP contribution < -0.4 is 5.32 Å². The summed E-state index contributed by atoms with van der Waals surface area (Å²) in [5.41, 5.74) is 0.695. The Hall–Kier alpha value is -1.46. The van der Waals surface area contributed by atoms with E-state index in [1.54, 1.807) is 13.0 Å². The molecule has 0 radical (unpaired) electrons. The van der Waals surface area contributed by atoms with Crippen LogP contribution in [0, 0.1) is 18.7 Å². The van der Waals surface area contributed by atoms with E-state index in [-0.39, 0.29) is 24.2 Å². The van der Waals surface area contributed by atoms with Crippen LogP contribution in [0.25, 0.3) is 10.1 Å². The Morgan fingerprint density at radius 1 is 1.48 bits per heavy atom. The summed E-state index contributed by atoms with van der Waals surface area (Å²) in [5.74, 6) is -0.179. The molecular formula is C16H20FNO2S. The van der Waals surface area contributed by atoms with Crippen molar-refractivity contribution >= 4 is 27.3 Å². The maximum atomic E-state index is 13.8. The molecule has 0 saturated carbocycles. The molecule has 21 heavy (non-hydrogen) atoms. The zero-order valence-electron chi connectivity index (χ0n) is 12.3. The molecule has 0 aliphatic carbocycles. The van der Waals surface area contributed by atoms with Crippen LogP contribution in [-0.2, 0) is 0 Å². The molecule has 3 nitrogen and oxygen atoms in total.